The molecule has 1 atom stereocenters. The summed E-state index contributed by atoms with van der Waals surface area (Å²) in [6.07, 6.45) is 2.13. The molecular weight excluding hydrogens is 290 g/mol. The van der Waals surface area contributed by atoms with Crippen molar-refractivity contribution in [3.8, 4) is 0 Å². The SMILES string of the molecule is CC1(C)CC(NCc2sc3ccccc3c2Cl)CCO1. The van der Waals surface area contributed by atoms with Gasteiger partial charge in [0.05, 0.1) is 10.6 Å². The molecule has 2 aromatic rings. The van der Waals surface area contributed by atoms with Crippen molar-refractivity contribution >= 4 is 33.0 Å². The predicted molar refractivity (Wildman–Crippen MR) is 86.7 cm³/mol. The third-order valence-electron chi connectivity index (χ3n) is 3.85. The van der Waals surface area contributed by atoms with E-state index in [1.54, 1.807) is 11.3 Å². The number of halogens is 1. The summed E-state index contributed by atoms with van der Waals surface area (Å²) in [6, 6.07) is 8.84. The smallest absolute Gasteiger partial charge is 0.0641 e. The predicted octanol–water partition coefficient (Wildman–Crippen LogP) is 4.60. The second kappa shape index (κ2) is 5.64. The van der Waals surface area contributed by atoms with Crippen LogP contribution in [0.1, 0.15) is 31.6 Å². The van der Waals surface area contributed by atoms with Crippen molar-refractivity contribution in [2.24, 2.45) is 0 Å². The normalized spacial score (nSPS) is 22.2. The molecule has 0 radical (unpaired) electrons. The molecule has 3 rings (SSSR count). The van der Waals surface area contributed by atoms with E-state index in [9.17, 15) is 0 Å². The van der Waals surface area contributed by atoms with E-state index >= 15 is 0 Å². The third kappa shape index (κ3) is 3.01. The first-order valence-corrected chi connectivity index (χ1v) is 8.28. The summed E-state index contributed by atoms with van der Waals surface area (Å²) in [5.41, 5.74) is -0.0140. The number of nitrogens with one attached hydrogen (secondary N) is 1. The highest BCUT2D eigenvalue weighted by molar-refractivity contribution is 7.19. The molecule has 1 aromatic carbocycles. The Morgan fingerprint density at radius 3 is 2.95 bits per heavy atom. The molecule has 0 amide bonds. The van der Waals surface area contributed by atoms with Gasteiger partial charge in [-0.05, 0) is 32.8 Å². The van der Waals surface area contributed by atoms with Crippen molar-refractivity contribution in [2.45, 2.75) is 44.9 Å². The number of hydrogen-bond donors (Lipinski definition) is 1. The van der Waals surface area contributed by atoms with Crippen LogP contribution in [0.5, 0.6) is 0 Å². The average Bonchev–Trinajstić information content (AvgIpc) is 2.73. The largest absolute Gasteiger partial charge is 0.375 e. The summed E-state index contributed by atoms with van der Waals surface area (Å²) in [5.74, 6) is 0. The molecule has 1 aliphatic rings. The Labute approximate surface area is 129 Å². The molecule has 1 aliphatic heterocycles. The molecule has 1 fully saturated rings. The van der Waals surface area contributed by atoms with Gasteiger partial charge in [0.1, 0.15) is 0 Å². The van der Waals surface area contributed by atoms with Gasteiger partial charge in [-0.15, -0.1) is 11.3 Å². The summed E-state index contributed by atoms with van der Waals surface area (Å²) in [4.78, 5) is 1.23. The Morgan fingerprint density at radius 2 is 2.20 bits per heavy atom. The van der Waals surface area contributed by atoms with Crippen molar-refractivity contribution < 1.29 is 4.74 Å². The molecule has 0 saturated carbocycles. The molecule has 1 aromatic heterocycles. The van der Waals surface area contributed by atoms with Crippen LogP contribution in [-0.2, 0) is 11.3 Å². The minimum absolute atomic E-state index is 0.0140. The maximum absolute atomic E-state index is 6.48. The van der Waals surface area contributed by atoms with Crippen LogP contribution in [0.15, 0.2) is 24.3 Å². The van der Waals surface area contributed by atoms with Crippen LogP contribution in [0.2, 0.25) is 5.02 Å². The van der Waals surface area contributed by atoms with Gasteiger partial charge in [-0.25, -0.2) is 0 Å². The first kappa shape index (κ1) is 14.3. The van der Waals surface area contributed by atoms with Gasteiger partial charge in [0, 0.05) is 34.2 Å². The van der Waals surface area contributed by atoms with Gasteiger partial charge < -0.3 is 10.1 Å². The van der Waals surface area contributed by atoms with Gasteiger partial charge in [0.2, 0.25) is 0 Å². The number of hydrogen-bond acceptors (Lipinski definition) is 3. The molecular formula is C16H20ClNOS. The van der Waals surface area contributed by atoms with Crippen LogP contribution < -0.4 is 5.32 Å². The number of ether oxygens (including phenoxy) is 1. The average molecular weight is 310 g/mol. The van der Waals surface area contributed by atoms with E-state index in [1.165, 1.54) is 15.0 Å². The number of rotatable bonds is 3. The van der Waals surface area contributed by atoms with E-state index in [-0.39, 0.29) is 5.60 Å². The van der Waals surface area contributed by atoms with E-state index in [0.29, 0.717) is 6.04 Å². The molecule has 108 valence electrons. The third-order valence-corrected chi connectivity index (χ3v) is 5.56. The van der Waals surface area contributed by atoms with Crippen LogP contribution in [0.25, 0.3) is 10.1 Å². The van der Waals surface area contributed by atoms with Crippen molar-refractivity contribution in [1.29, 1.82) is 0 Å². The first-order valence-electron chi connectivity index (χ1n) is 7.08. The Kier molecular flexibility index (Phi) is 4.04. The Bertz CT molecular complexity index is 608. The lowest BCUT2D eigenvalue weighted by atomic mass is 9.94. The van der Waals surface area contributed by atoms with Gasteiger partial charge in [0.25, 0.3) is 0 Å². The lowest BCUT2D eigenvalue weighted by molar-refractivity contribution is -0.0630. The van der Waals surface area contributed by atoms with Crippen LogP contribution in [0.4, 0.5) is 0 Å². The van der Waals surface area contributed by atoms with E-state index in [2.05, 4.69) is 37.4 Å². The van der Waals surface area contributed by atoms with E-state index < -0.39 is 0 Å². The fourth-order valence-electron chi connectivity index (χ4n) is 2.82. The van der Waals surface area contributed by atoms with Crippen LogP contribution in [0.3, 0.4) is 0 Å². The molecule has 2 heterocycles. The van der Waals surface area contributed by atoms with Gasteiger partial charge >= 0.3 is 0 Å². The van der Waals surface area contributed by atoms with Crippen molar-refractivity contribution in [3.05, 3.63) is 34.2 Å². The monoisotopic (exact) mass is 309 g/mol. The lowest BCUT2D eigenvalue weighted by Crippen LogP contribution is -2.43. The number of benzene rings is 1. The topological polar surface area (TPSA) is 21.3 Å². The molecule has 2 nitrogen and oxygen atoms in total. The second-order valence-corrected chi connectivity index (χ2v) is 7.53. The van der Waals surface area contributed by atoms with Gasteiger partial charge in [-0.1, -0.05) is 29.8 Å². The Balaban J connectivity index is 1.69. The molecule has 4 heteroatoms. The summed E-state index contributed by atoms with van der Waals surface area (Å²) >= 11 is 8.26. The number of fused-ring (bicyclic) bond motifs is 1. The van der Waals surface area contributed by atoms with E-state index in [4.69, 9.17) is 16.3 Å². The number of thiophene rings is 1. The standard InChI is InChI=1S/C16H20ClNOS/c1-16(2)9-11(7-8-19-16)18-10-14-15(17)12-5-3-4-6-13(12)20-14/h3-6,11,18H,7-10H2,1-2H3. The summed E-state index contributed by atoms with van der Waals surface area (Å²) < 4.78 is 7.02. The second-order valence-electron chi connectivity index (χ2n) is 6.01. The summed E-state index contributed by atoms with van der Waals surface area (Å²) in [5, 5.41) is 5.72. The quantitative estimate of drug-likeness (QED) is 0.894. The molecule has 1 saturated heterocycles. The highest BCUT2D eigenvalue weighted by Crippen LogP contribution is 2.35. The van der Waals surface area contributed by atoms with Gasteiger partial charge in [-0.2, -0.15) is 0 Å². The van der Waals surface area contributed by atoms with E-state index in [0.717, 1.165) is 31.0 Å². The minimum atomic E-state index is -0.0140. The summed E-state index contributed by atoms with van der Waals surface area (Å²) in [7, 11) is 0. The highest BCUT2D eigenvalue weighted by atomic mass is 35.5. The van der Waals surface area contributed by atoms with Gasteiger partial charge in [-0.3, -0.25) is 0 Å². The zero-order valence-corrected chi connectivity index (χ0v) is 13.5. The van der Waals surface area contributed by atoms with Crippen molar-refractivity contribution in [2.75, 3.05) is 6.61 Å². The maximum Gasteiger partial charge on any atom is 0.0641 e. The van der Waals surface area contributed by atoms with Crippen molar-refractivity contribution in [3.63, 3.8) is 0 Å². The fraction of sp³-hybridized carbons (Fsp3) is 0.500. The molecule has 1 N–H and O–H groups in total. The van der Waals surface area contributed by atoms with Crippen LogP contribution in [0, 0.1) is 0 Å². The van der Waals surface area contributed by atoms with Crippen LogP contribution in [-0.4, -0.2) is 18.2 Å². The molecule has 20 heavy (non-hydrogen) atoms. The highest BCUT2D eigenvalue weighted by Gasteiger charge is 2.28. The molecule has 1 unspecified atom stereocenters. The van der Waals surface area contributed by atoms with Crippen molar-refractivity contribution in [1.82, 2.24) is 5.32 Å². The Morgan fingerprint density at radius 1 is 1.40 bits per heavy atom. The van der Waals surface area contributed by atoms with Gasteiger partial charge in [0.15, 0.2) is 0 Å². The summed E-state index contributed by atoms with van der Waals surface area (Å²) in [6.45, 7) is 6.00. The Hall–Kier alpha value is -0.610. The van der Waals surface area contributed by atoms with Crippen LogP contribution >= 0.6 is 22.9 Å². The molecule has 0 aliphatic carbocycles. The van der Waals surface area contributed by atoms with E-state index in [1.807, 2.05) is 6.07 Å². The minimum Gasteiger partial charge on any atom is -0.375 e. The molecule has 0 bridgehead atoms. The zero-order valence-electron chi connectivity index (χ0n) is 11.9. The molecule has 0 spiro atoms. The first-order chi connectivity index (χ1) is 9.55. The zero-order chi connectivity index (χ0) is 14.2. The lowest BCUT2D eigenvalue weighted by Gasteiger charge is -2.35. The maximum atomic E-state index is 6.48. The fourth-order valence-corrected chi connectivity index (χ4v) is 4.27.